The number of carbonyl (C=O) groups is 2. The van der Waals surface area contributed by atoms with E-state index in [0.29, 0.717) is 86.1 Å². The summed E-state index contributed by atoms with van der Waals surface area (Å²) < 4.78 is 95.1. The zero-order valence-corrected chi connectivity index (χ0v) is 32.2. The van der Waals surface area contributed by atoms with Crippen molar-refractivity contribution in [3.8, 4) is 0 Å². The first-order chi connectivity index (χ1) is 27.1. The van der Waals surface area contributed by atoms with Crippen LogP contribution in [0.25, 0.3) is 11.0 Å². The molecule has 0 spiro atoms. The molecule has 2 aliphatic rings. The van der Waals surface area contributed by atoms with Gasteiger partial charge in [-0.2, -0.15) is 26.3 Å². The van der Waals surface area contributed by atoms with Crippen molar-refractivity contribution in [3.63, 3.8) is 0 Å². The predicted octanol–water partition coefficient (Wildman–Crippen LogP) is 10.1. The number of para-hydroxylation sites is 2. The number of imidazole rings is 1. The van der Waals surface area contributed by atoms with Gasteiger partial charge in [0, 0.05) is 37.1 Å². The summed E-state index contributed by atoms with van der Waals surface area (Å²) >= 11 is 12.7. The van der Waals surface area contributed by atoms with Crippen LogP contribution in [-0.2, 0) is 29.0 Å². The van der Waals surface area contributed by atoms with Crippen LogP contribution in [0, 0.1) is 5.92 Å². The maximum Gasteiger partial charge on any atom is 0.416 e. The van der Waals surface area contributed by atoms with Gasteiger partial charge in [-0.05, 0) is 105 Å². The first-order valence-electron chi connectivity index (χ1n) is 18.4. The number of piperidine rings is 1. The van der Waals surface area contributed by atoms with Crippen LogP contribution in [0.5, 0.6) is 0 Å². The molecule has 57 heavy (non-hydrogen) atoms. The molecule has 4 heterocycles. The molecule has 5 aromatic rings. The maximum atomic E-state index is 14.1. The number of rotatable bonds is 11. The number of ketones is 1. The van der Waals surface area contributed by atoms with Crippen molar-refractivity contribution in [1.82, 2.24) is 19.4 Å². The fraction of sp³-hybridized carbons (Fsp3) is 0.390. The summed E-state index contributed by atoms with van der Waals surface area (Å²) in [4.78, 5) is 36.1. The van der Waals surface area contributed by atoms with Gasteiger partial charge in [0.2, 0.25) is 5.78 Å². The topological polar surface area (TPSA) is 80.8 Å². The molecule has 2 aromatic heterocycles. The summed E-state index contributed by atoms with van der Waals surface area (Å²) in [5.74, 6) is -0.318. The third-order valence-corrected chi connectivity index (χ3v) is 12.0. The highest BCUT2D eigenvalue weighted by atomic mass is 35.5. The normalized spacial score (nSPS) is 19.1. The van der Waals surface area contributed by atoms with E-state index in [1.54, 1.807) is 37.6 Å². The number of benzene rings is 3. The highest BCUT2D eigenvalue weighted by Crippen LogP contribution is 2.42. The van der Waals surface area contributed by atoms with Crippen molar-refractivity contribution < 1.29 is 45.1 Å². The number of alkyl halides is 6. The molecular formula is C41H38Cl2F6N4O4. The summed E-state index contributed by atoms with van der Waals surface area (Å²) in [5.41, 5.74) is -2.29. The molecule has 0 radical (unpaired) electrons. The van der Waals surface area contributed by atoms with Crippen molar-refractivity contribution in [1.29, 1.82) is 0 Å². The SMILES string of the molecule is COC(Cn1c(C(=O)C2CCN(CCC3(c4ccc(Cl)c(Cl)c4)CCN(C(=O)c4cc(C(F)(F)F)cc(C(F)(F)F)c4)C3)CC2)nc2ccccc21)c1ccco1. The Bertz CT molecular complexity index is 2220. The van der Waals surface area contributed by atoms with E-state index in [-0.39, 0.29) is 35.9 Å². The second kappa shape index (κ2) is 16.1. The van der Waals surface area contributed by atoms with Gasteiger partial charge in [0.05, 0.1) is 45.0 Å². The van der Waals surface area contributed by atoms with Gasteiger partial charge in [-0.15, -0.1) is 0 Å². The molecule has 0 bridgehead atoms. The number of carbonyl (C=O) groups excluding carboxylic acids is 2. The van der Waals surface area contributed by atoms with Gasteiger partial charge in [-0.3, -0.25) is 9.59 Å². The Morgan fingerprint density at radius 2 is 1.61 bits per heavy atom. The minimum Gasteiger partial charge on any atom is -0.467 e. The van der Waals surface area contributed by atoms with Crippen molar-refractivity contribution in [3.05, 3.63) is 123 Å². The number of furan rings is 1. The van der Waals surface area contributed by atoms with Crippen molar-refractivity contribution in [2.45, 2.75) is 56.1 Å². The molecule has 2 fully saturated rings. The Kier molecular flexibility index (Phi) is 11.5. The third-order valence-electron chi connectivity index (χ3n) is 11.2. The molecule has 0 saturated carbocycles. The number of aromatic nitrogens is 2. The molecule has 2 atom stereocenters. The smallest absolute Gasteiger partial charge is 0.416 e. The lowest BCUT2D eigenvalue weighted by Gasteiger charge is -2.36. The van der Waals surface area contributed by atoms with Gasteiger partial charge < -0.3 is 23.5 Å². The molecule has 0 N–H and O–H groups in total. The number of halogens is 8. The fourth-order valence-electron chi connectivity index (χ4n) is 8.06. The van der Waals surface area contributed by atoms with Crippen molar-refractivity contribution in [2.24, 2.45) is 5.92 Å². The summed E-state index contributed by atoms with van der Waals surface area (Å²) in [5, 5.41) is 0.585. The molecule has 0 aliphatic carbocycles. The molecule has 8 nitrogen and oxygen atoms in total. The van der Waals surface area contributed by atoms with Gasteiger partial charge in [-0.25, -0.2) is 4.98 Å². The van der Waals surface area contributed by atoms with Gasteiger partial charge in [0.1, 0.15) is 11.9 Å². The van der Waals surface area contributed by atoms with Gasteiger partial charge in [0.15, 0.2) is 5.82 Å². The zero-order valence-electron chi connectivity index (χ0n) is 30.7. The third kappa shape index (κ3) is 8.60. The molecule has 302 valence electrons. The minimum absolute atomic E-state index is 0.00694. The first kappa shape index (κ1) is 40.8. The molecule has 2 aliphatic heterocycles. The van der Waals surface area contributed by atoms with Crippen LogP contribution >= 0.6 is 23.2 Å². The second-order valence-corrected chi connectivity index (χ2v) is 15.5. The Morgan fingerprint density at radius 1 is 0.912 bits per heavy atom. The molecule has 3 aromatic carbocycles. The number of ether oxygens (including phenoxy) is 1. The second-order valence-electron chi connectivity index (χ2n) is 14.7. The standard InChI is InChI=1S/C41H38Cl2F6N4O4/c1-56-35(34-7-4-18-57-34)23-53-33-6-3-2-5-32(33)50-37(53)36(54)25-10-14-51(15-11-25)16-12-39(27-8-9-30(42)31(43)22-27)13-17-52(24-39)38(55)26-19-28(40(44,45)46)21-29(20-26)41(47,48)49/h2-9,18-22,25,35H,10-17,23-24H2,1H3. The van der Waals surface area contributed by atoms with Crippen LogP contribution < -0.4 is 0 Å². The number of nitrogens with zero attached hydrogens (tertiary/aromatic N) is 4. The highest BCUT2D eigenvalue weighted by Gasteiger charge is 2.44. The number of hydrogen-bond donors (Lipinski definition) is 0. The van der Waals surface area contributed by atoms with E-state index < -0.39 is 46.5 Å². The summed E-state index contributed by atoms with van der Waals surface area (Å²) in [7, 11) is 1.58. The van der Waals surface area contributed by atoms with E-state index in [0.717, 1.165) is 11.1 Å². The largest absolute Gasteiger partial charge is 0.467 e. The summed E-state index contributed by atoms with van der Waals surface area (Å²) in [6, 6.07) is 17.2. The molecular weight excluding hydrogens is 797 g/mol. The monoisotopic (exact) mass is 834 g/mol. The van der Waals surface area contributed by atoms with Gasteiger partial charge in [-0.1, -0.05) is 41.4 Å². The average Bonchev–Trinajstić information content (AvgIpc) is 3.96. The van der Waals surface area contributed by atoms with Crippen molar-refractivity contribution >= 4 is 45.9 Å². The number of Topliss-reactive ketones (excluding diaryl/α,β-unsaturated/α-hetero) is 1. The maximum absolute atomic E-state index is 14.1. The Balaban J connectivity index is 1.07. The molecule has 7 rings (SSSR count). The van der Waals surface area contributed by atoms with E-state index >= 15 is 0 Å². The van der Waals surface area contributed by atoms with E-state index in [9.17, 15) is 35.9 Å². The minimum atomic E-state index is -5.09. The van der Waals surface area contributed by atoms with Gasteiger partial charge in [0.25, 0.3) is 5.91 Å². The fourth-order valence-corrected chi connectivity index (χ4v) is 8.36. The number of amides is 1. The lowest BCUT2D eigenvalue weighted by Crippen LogP contribution is -2.41. The average molecular weight is 836 g/mol. The van der Waals surface area contributed by atoms with Crippen LogP contribution in [0.2, 0.25) is 10.0 Å². The first-order valence-corrected chi connectivity index (χ1v) is 19.1. The number of methoxy groups -OCH3 is 1. The number of hydrogen-bond acceptors (Lipinski definition) is 6. The van der Waals surface area contributed by atoms with Gasteiger partial charge >= 0.3 is 12.4 Å². The quantitative estimate of drug-likeness (QED) is 0.0974. The Hall–Kier alpha value is -4.37. The lowest BCUT2D eigenvalue weighted by atomic mass is 9.76. The molecule has 2 saturated heterocycles. The molecule has 1 amide bonds. The summed E-state index contributed by atoms with van der Waals surface area (Å²) in [6.07, 6.45) is -7.06. The predicted molar refractivity (Wildman–Crippen MR) is 201 cm³/mol. The summed E-state index contributed by atoms with van der Waals surface area (Å²) in [6.45, 7) is 2.17. The lowest BCUT2D eigenvalue weighted by molar-refractivity contribution is -0.143. The van der Waals surface area contributed by atoms with E-state index in [4.69, 9.17) is 37.3 Å². The van der Waals surface area contributed by atoms with E-state index in [2.05, 4.69) is 4.90 Å². The molecule has 16 heteroatoms. The zero-order chi connectivity index (χ0) is 40.7. The highest BCUT2D eigenvalue weighted by molar-refractivity contribution is 6.42. The van der Waals surface area contributed by atoms with Crippen molar-refractivity contribution in [2.75, 3.05) is 39.8 Å². The number of fused-ring (bicyclic) bond motifs is 1. The Morgan fingerprint density at radius 3 is 2.25 bits per heavy atom. The van der Waals surface area contributed by atoms with Crippen LogP contribution in [0.15, 0.2) is 83.5 Å². The van der Waals surface area contributed by atoms with Crippen LogP contribution in [-0.4, -0.2) is 70.9 Å². The number of likely N-dealkylation sites (tertiary alicyclic amines) is 2. The van der Waals surface area contributed by atoms with Crippen LogP contribution in [0.3, 0.4) is 0 Å². The van der Waals surface area contributed by atoms with E-state index in [1.165, 1.54) is 4.90 Å². The van der Waals surface area contributed by atoms with Crippen LogP contribution in [0.1, 0.15) is 75.2 Å². The van der Waals surface area contributed by atoms with Crippen LogP contribution in [0.4, 0.5) is 26.3 Å². The Labute approximate surface area is 334 Å². The molecule has 2 unspecified atom stereocenters. The van der Waals surface area contributed by atoms with E-state index in [1.807, 2.05) is 34.9 Å².